The number of aromatic nitrogens is 1. The van der Waals surface area contributed by atoms with Gasteiger partial charge in [0.15, 0.2) is 5.69 Å². The molecule has 0 bridgehead atoms. The van der Waals surface area contributed by atoms with Crippen molar-refractivity contribution in [3.05, 3.63) is 77.2 Å². The Kier molecular flexibility index (Phi) is 5.26. The third-order valence-corrected chi connectivity index (χ3v) is 3.82. The second-order valence-electron chi connectivity index (χ2n) is 5.72. The smallest absolute Gasteiger partial charge is 0.273 e. The van der Waals surface area contributed by atoms with Crippen molar-refractivity contribution in [2.75, 3.05) is 7.11 Å². The highest BCUT2D eigenvalue weighted by Crippen LogP contribution is 2.21. The molecule has 0 aliphatic rings. The first kappa shape index (κ1) is 16.9. The standard InChI is InChI=1S/C20H20N2O3/c1-14-18(22-20(25-14)17-6-4-3-5-7-17)19(23)21-12-15-8-10-16(11-9-15)13-24-2/h3-11H,12-13H2,1-2H3,(H,21,23). The van der Waals surface area contributed by atoms with Crippen molar-refractivity contribution in [3.63, 3.8) is 0 Å². The lowest BCUT2D eigenvalue weighted by atomic mass is 10.1. The minimum absolute atomic E-state index is 0.246. The third kappa shape index (κ3) is 4.14. The van der Waals surface area contributed by atoms with Gasteiger partial charge in [0, 0.05) is 19.2 Å². The highest BCUT2D eigenvalue weighted by molar-refractivity contribution is 5.93. The molecule has 5 heteroatoms. The summed E-state index contributed by atoms with van der Waals surface area (Å²) in [4.78, 5) is 16.7. The molecule has 1 N–H and O–H groups in total. The van der Waals surface area contributed by atoms with Crippen LogP contribution in [-0.4, -0.2) is 18.0 Å². The maximum absolute atomic E-state index is 12.4. The number of methoxy groups -OCH3 is 1. The van der Waals surface area contributed by atoms with Crippen molar-refractivity contribution in [1.29, 1.82) is 0 Å². The summed E-state index contributed by atoms with van der Waals surface area (Å²) in [5, 5.41) is 2.88. The average Bonchev–Trinajstić information content (AvgIpc) is 3.04. The van der Waals surface area contributed by atoms with Crippen LogP contribution in [0.1, 0.15) is 27.4 Å². The van der Waals surface area contributed by atoms with Gasteiger partial charge in [-0.05, 0) is 30.2 Å². The lowest BCUT2D eigenvalue weighted by Crippen LogP contribution is -2.23. The minimum Gasteiger partial charge on any atom is -0.441 e. The van der Waals surface area contributed by atoms with Crippen LogP contribution in [0.25, 0.3) is 11.5 Å². The van der Waals surface area contributed by atoms with Gasteiger partial charge in [0.1, 0.15) is 5.76 Å². The van der Waals surface area contributed by atoms with E-state index >= 15 is 0 Å². The molecule has 3 rings (SSSR count). The van der Waals surface area contributed by atoms with Gasteiger partial charge in [-0.1, -0.05) is 42.5 Å². The van der Waals surface area contributed by atoms with Crippen molar-refractivity contribution in [2.45, 2.75) is 20.1 Å². The summed E-state index contributed by atoms with van der Waals surface area (Å²) < 4.78 is 10.7. The zero-order chi connectivity index (χ0) is 17.6. The molecular formula is C20H20N2O3. The summed E-state index contributed by atoms with van der Waals surface area (Å²) >= 11 is 0. The maximum Gasteiger partial charge on any atom is 0.273 e. The first-order valence-electron chi connectivity index (χ1n) is 8.05. The van der Waals surface area contributed by atoms with Crippen molar-refractivity contribution in [2.24, 2.45) is 0 Å². The summed E-state index contributed by atoms with van der Waals surface area (Å²) in [6.45, 7) is 2.75. The molecule has 0 atom stereocenters. The van der Waals surface area contributed by atoms with Crippen molar-refractivity contribution in [1.82, 2.24) is 10.3 Å². The monoisotopic (exact) mass is 336 g/mol. The number of nitrogens with zero attached hydrogens (tertiary/aromatic N) is 1. The van der Waals surface area contributed by atoms with Crippen molar-refractivity contribution in [3.8, 4) is 11.5 Å². The van der Waals surface area contributed by atoms with Gasteiger partial charge in [0.25, 0.3) is 5.91 Å². The number of carbonyl (C=O) groups excluding carboxylic acids is 1. The number of rotatable bonds is 6. The number of ether oxygens (including phenoxy) is 1. The molecule has 25 heavy (non-hydrogen) atoms. The molecule has 0 saturated carbocycles. The van der Waals surface area contributed by atoms with E-state index < -0.39 is 0 Å². The summed E-state index contributed by atoms with van der Waals surface area (Å²) in [6, 6.07) is 17.4. The molecule has 0 aliphatic heterocycles. The zero-order valence-electron chi connectivity index (χ0n) is 14.3. The van der Waals surface area contributed by atoms with Crippen molar-refractivity contribution >= 4 is 5.91 Å². The van der Waals surface area contributed by atoms with Crippen molar-refractivity contribution < 1.29 is 13.9 Å². The van der Waals surface area contributed by atoms with Crippen LogP contribution in [0.15, 0.2) is 59.0 Å². The van der Waals surface area contributed by atoms with Gasteiger partial charge >= 0.3 is 0 Å². The van der Waals surface area contributed by atoms with E-state index in [0.717, 1.165) is 16.7 Å². The highest BCUT2D eigenvalue weighted by atomic mass is 16.5. The number of hydrogen-bond donors (Lipinski definition) is 1. The molecule has 3 aromatic rings. The highest BCUT2D eigenvalue weighted by Gasteiger charge is 2.17. The van der Waals surface area contributed by atoms with Gasteiger partial charge in [-0.25, -0.2) is 4.98 Å². The van der Waals surface area contributed by atoms with Gasteiger partial charge in [0.05, 0.1) is 6.61 Å². The van der Waals surface area contributed by atoms with Gasteiger partial charge in [-0.2, -0.15) is 0 Å². The quantitative estimate of drug-likeness (QED) is 0.745. The summed E-state index contributed by atoms with van der Waals surface area (Å²) in [7, 11) is 1.66. The second kappa shape index (κ2) is 7.77. The van der Waals surface area contributed by atoms with Crippen LogP contribution >= 0.6 is 0 Å². The first-order valence-corrected chi connectivity index (χ1v) is 8.05. The zero-order valence-corrected chi connectivity index (χ0v) is 14.3. The van der Waals surface area contributed by atoms with Crippen LogP contribution in [-0.2, 0) is 17.9 Å². The fraction of sp³-hybridized carbons (Fsp3) is 0.200. The van der Waals surface area contributed by atoms with E-state index in [2.05, 4.69) is 10.3 Å². The molecular weight excluding hydrogens is 316 g/mol. The number of amides is 1. The Balaban J connectivity index is 1.66. The van der Waals surface area contributed by atoms with E-state index in [0.29, 0.717) is 30.5 Å². The molecule has 0 aliphatic carbocycles. The van der Waals surface area contributed by atoms with Crippen LogP contribution < -0.4 is 5.32 Å². The minimum atomic E-state index is -0.246. The van der Waals surface area contributed by atoms with Crippen LogP contribution in [0.4, 0.5) is 0 Å². The van der Waals surface area contributed by atoms with Gasteiger partial charge in [-0.3, -0.25) is 4.79 Å². The van der Waals surface area contributed by atoms with Gasteiger partial charge < -0.3 is 14.5 Å². The Hall–Kier alpha value is -2.92. The Morgan fingerprint density at radius 1 is 1.08 bits per heavy atom. The fourth-order valence-electron chi connectivity index (χ4n) is 2.50. The number of aryl methyl sites for hydroxylation is 1. The topological polar surface area (TPSA) is 64.4 Å². The van der Waals surface area contributed by atoms with E-state index in [4.69, 9.17) is 9.15 Å². The molecule has 1 amide bonds. The van der Waals surface area contributed by atoms with E-state index in [1.807, 2.05) is 54.6 Å². The van der Waals surface area contributed by atoms with E-state index in [1.54, 1.807) is 14.0 Å². The second-order valence-corrected chi connectivity index (χ2v) is 5.72. The SMILES string of the molecule is COCc1ccc(CNC(=O)c2nc(-c3ccccc3)oc2C)cc1. The normalized spacial score (nSPS) is 10.6. The van der Waals surface area contributed by atoms with E-state index in [-0.39, 0.29) is 5.91 Å². The Bertz CT molecular complexity index is 839. The largest absolute Gasteiger partial charge is 0.441 e. The number of oxazole rings is 1. The predicted octanol–water partition coefficient (Wildman–Crippen LogP) is 3.73. The molecule has 1 aromatic heterocycles. The van der Waals surface area contributed by atoms with E-state index in [1.165, 1.54) is 0 Å². The molecule has 5 nitrogen and oxygen atoms in total. The number of benzene rings is 2. The Labute approximate surface area is 146 Å². The molecule has 2 aromatic carbocycles. The van der Waals surface area contributed by atoms with Crippen LogP contribution in [0.5, 0.6) is 0 Å². The summed E-state index contributed by atoms with van der Waals surface area (Å²) in [5.41, 5.74) is 3.27. The Morgan fingerprint density at radius 2 is 1.76 bits per heavy atom. The first-order chi connectivity index (χ1) is 12.2. The predicted molar refractivity (Wildman–Crippen MR) is 95.0 cm³/mol. The lowest BCUT2D eigenvalue weighted by Gasteiger charge is -2.05. The summed E-state index contributed by atoms with van der Waals surface area (Å²) in [5.74, 6) is 0.711. The molecule has 0 spiro atoms. The third-order valence-electron chi connectivity index (χ3n) is 3.82. The number of hydrogen-bond acceptors (Lipinski definition) is 4. The number of carbonyl (C=O) groups is 1. The number of nitrogens with one attached hydrogen (secondary N) is 1. The van der Waals surface area contributed by atoms with Gasteiger partial charge in [-0.15, -0.1) is 0 Å². The van der Waals surface area contributed by atoms with E-state index in [9.17, 15) is 4.79 Å². The molecule has 0 fully saturated rings. The molecule has 0 unspecified atom stereocenters. The fourth-order valence-corrected chi connectivity index (χ4v) is 2.50. The van der Waals surface area contributed by atoms with Crippen LogP contribution in [0, 0.1) is 6.92 Å². The maximum atomic E-state index is 12.4. The molecule has 0 saturated heterocycles. The Morgan fingerprint density at radius 3 is 2.44 bits per heavy atom. The van der Waals surface area contributed by atoms with Crippen LogP contribution in [0.3, 0.4) is 0 Å². The summed E-state index contributed by atoms with van der Waals surface area (Å²) in [6.07, 6.45) is 0. The van der Waals surface area contributed by atoms with Gasteiger partial charge in [0.2, 0.25) is 5.89 Å². The molecule has 0 radical (unpaired) electrons. The molecule has 1 heterocycles. The average molecular weight is 336 g/mol. The van der Waals surface area contributed by atoms with Crippen LogP contribution in [0.2, 0.25) is 0 Å². The molecule has 128 valence electrons. The lowest BCUT2D eigenvalue weighted by molar-refractivity contribution is 0.0945.